The molecule has 0 aliphatic rings. The van der Waals surface area contributed by atoms with Gasteiger partial charge in [0.25, 0.3) is 0 Å². The highest BCUT2D eigenvalue weighted by atomic mass is 79.9. The molecule has 2 atom stereocenters. The predicted molar refractivity (Wildman–Crippen MR) is 69.9 cm³/mol. The molecule has 1 rings (SSSR count). The highest BCUT2D eigenvalue weighted by molar-refractivity contribution is 9.10. The molecule has 0 aromatic heterocycles. The number of nitrogens with one attached hydrogen (secondary N) is 1. The van der Waals surface area contributed by atoms with E-state index in [2.05, 4.69) is 42.0 Å². The molecule has 0 amide bonds. The topological polar surface area (TPSA) is 12.0 Å². The van der Waals surface area contributed by atoms with Gasteiger partial charge in [-0.1, -0.05) is 36.2 Å². The normalized spacial score (nSPS) is 14.8. The standard InChI is InChI=1S/C13H19BrFN/c1-4-9(2)10(3)16-8-11-7-12(14)5-6-13(11)15/h5-7,9-10,16H,4,8H2,1-3H3. The Morgan fingerprint density at radius 3 is 2.69 bits per heavy atom. The third-order valence-electron chi connectivity index (χ3n) is 3.12. The van der Waals surface area contributed by atoms with Crippen LogP contribution in [0, 0.1) is 11.7 Å². The third-order valence-corrected chi connectivity index (χ3v) is 3.61. The highest BCUT2D eigenvalue weighted by Crippen LogP contribution is 2.16. The van der Waals surface area contributed by atoms with Gasteiger partial charge in [-0.2, -0.15) is 0 Å². The van der Waals surface area contributed by atoms with Gasteiger partial charge in [-0.3, -0.25) is 0 Å². The minimum absolute atomic E-state index is 0.146. The van der Waals surface area contributed by atoms with Crippen LogP contribution < -0.4 is 5.32 Å². The van der Waals surface area contributed by atoms with Gasteiger partial charge in [0, 0.05) is 22.6 Å². The molecule has 3 heteroatoms. The van der Waals surface area contributed by atoms with E-state index in [0.29, 0.717) is 24.1 Å². The zero-order valence-electron chi connectivity index (χ0n) is 10.1. The molecule has 0 fully saturated rings. The minimum atomic E-state index is -0.146. The predicted octanol–water partition coefficient (Wildman–Crippen LogP) is 4.11. The number of benzene rings is 1. The number of hydrogen-bond acceptors (Lipinski definition) is 1. The fraction of sp³-hybridized carbons (Fsp3) is 0.538. The van der Waals surface area contributed by atoms with E-state index in [1.54, 1.807) is 6.07 Å². The summed E-state index contributed by atoms with van der Waals surface area (Å²) in [7, 11) is 0. The maximum atomic E-state index is 13.4. The second-order valence-electron chi connectivity index (χ2n) is 4.29. The van der Waals surface area contributed by atoms with E-state index >= 15 is 0 Å². The number of hydrogen-bond donors (Lipinski definition) is 1. The summed E-state index contributed by atoms with van der Waals surface area (Å²) in [5.74, 6) is 0.460. The summed E-state index contributed by atoms with van der Waals surface area (Å²) < 4.78 is 14.4. The van der Waals surface area contributed by atoms with Crippen molar-refractivity contribution in [2.45, 2.75) is 39.8 Å². The van der Waals surface area contributed by atoms with Crippen LogP contribution in [-0.4, -0.2) is 6.04 Å². The molecule has 1 nitrogen and oxygen atoms in total. The molecule has 1 aromatic carbocycles. The van der Waals surface area contributed by atoms with Crippen LogP contribution in [0.25, 0.3) is 0 Å². The molecule has 0 bridgehead atoms. The van der Waals surface area contributed by atoms with Gasteiger partial charge >= 0.3 is 0 Å². The van der Waals surface area contributed by atoms with Crippen LogP contribution in [0.3, 0.4) is 0 Å². The van der Waals surface area contributed by atoms with E-state index in [9.17, 15) is 4.39 Å². The van der Waals surface area contributed by atoms with Gasteiger partial charge in [0.1, 0.15) is 5.82 Å². The molecular formula is C13H19BrFN. The molecular weight excluding hydrogens is 269 g/mol. The molecule has 0 saturated carbocycles. The third kappa shape index (κ3) is 3.87. The van der Waals surface area contributed by atoms with Gasteiger partial charge < -0.3 is 5.32 Å². The van der Waals surface area contributed by atoms with E-state index < -0.39 is 0 Å². The van der Waals surface area contributed by atoms with Crippen molar-refractivity contribution in [3.63, 3.8) is 0 Å². The molecule has 0 radical (unpaired) electrons. The van der Waals surface area contributed by atoms with Crippen molar-refractivity contribution in [1.29, 1.82) is 0 Å². The Morgan fingerprint density at radius 2 is 2.06 bits per heavy atom. The lowest BCUT2D eigenvalue weighted by Gasteiger charge is -2.20. The summed E-state index contributed by atoms with van der Waals surface area (Å²) in [5.41, 5.74) is 0.713. The summed E-state index contributed by atoms with van der Waals surface area (Å²) >= 11 is 3.35. The molecule has 2 unspecified atom stereocenters. The molecule has 1 aromatic rings. The fourth-order valence-corrected chi connectivity index (χ4v) is 1.91. The smallest absolute Gasteiger partial charge is 0.127 e. The highest BCUT2D eigenvalue weighted by Gasteiger charge is 2.10. The molecule has 90 valence electrons. The van der Waals surface area contributed by atoms with Crippen molar-refractivity contribution >= 4 is 15.9 Å². The Labute approximate surface area is 106 Å². The molecule has 0 spiro atoms. The first kappa shape index (κ1) is 13.7. The van der Waals surface area contributed by atoms with Crippen molar-refractivity contribution < 1.29 is 4.39 Å². The zero-order valence-corrected chi connectivity index (χ0v) is 11.6. The van der Waals surface area contributed by atoms with Gasteiger partial charge in [-0.05, 0) is 31.0 Å². The van der Waals surface area contributed by atoms with E-state index in [1.807, 2.05) is 6.07 Å². The van der Waals surface area contributed by atoms with Crippen LogP contribution >= 0.6 is 15.9 Å². The Kier molecular flexibility index (Phi) is 5.42. The molecule has 0 heterocycles. The van der Waals surface area contributed by atoms with Crippen LogP contribution in [0.4, 0.5) is 4.39 Å². The lowest BCUT2D eigenvalue weighted by atomic mass is 10.0. The van der Waals surface area contributed by atoms with Crippen molar-refractivity contribution in [2.24, 2.45) is 5.92 Å². The SMILES string of the molecule is CCC(C)C(C)NCc1cc(Br)ccc1F. The van der Waals surface area contributed by atoms with Gasteiger partial charge in [0.05, 0.1) is 0 Å². The summed E-state index contributed by atoms with van der Waals surface area (Å²) in [6.45, 7) is 7.10. The summed E-state index contributed by atoms with van der Waals surface area (Å²) in [5, 5.41) is 3.36. The first-order valence-electron chi connectivity index (χ1n) is 5.72. The zero-order chi connectivity index (χ0) is 12.1. The van der Waals surface area contributed by atoms with E-state index in [1.165, 1.54) is 6.07 Å². The maximum absolute atomic E-state index is 13.4. The second kappa shape index (κ2) is 6.36. The van der Waals surface area contributed by atoms with E-state index in [0.717, 1.165) is 10.9 Å². The first-order chi connectivity index (χ1) is 7.54. The second-order valence-corrected chi connectivity index (χ2v) is 5.21. The van der Waals surface area contributed by atoms with Crippen LogP contribution in [0.1, 0.15) is 32.8 Å². The van der Waals surface area contributed by atoms with Crippen molar-refractivity contribution in [3.8, 4) is 0 Å². The Morgan fingerprint density at radius 1 is 1.38 bits per heavy atom. The summed E-state index contributed by atoms with van der Waals surface area (Å²) in [6.07, 6.45) is 1.13. The van der Waals surface area contributed by atoms with Crippen molar-refractivity contribution in [1.82, 2.24) is 5.32 Å². The van der Waals surface area contributed by atoms with Crippen LogP contribution in [0.5, 0.6) is 0 Å². The molecule has 1 N–H and O–H groups in total. The molecule has 0 aliphatic heterocycles. The Hall–Kier alpha value is -0.410. The monoisotopic (exact) mass is 287 g/mol. The van der Waals surface area contributed by atoms with Crippen LogP contribution in [-0.2, 0) is 6.54 Å². The molecule has 16 heavy (non-hydrogen) atoms. The molecule has 0 aliphatic carbocycles. The number of rotatable bonds is 5. The average Bonchev–Trinajstić information content (AvgIpc) is 2.28. The molecule has 0 saturated heterocycles. The van der Waals surface area contributed by atoms with Gasteiger partial charge in [0.2, 0.25) is 0 Å². The Bertz CT molecular complexity index is 341. The first-order valence-corrected chi connectivity index (χ1v) is 6.51. The van der Waals surface area contributed by atoms with Gasteiger partial charge in [0.15, 0.2) is 0 Å². The average molecular weight is 288 g/mol. The quantitative estimate of drug-likeness (QED) is 0.859. The lowest BCUT2D eigenvalue weighted by molar-refractivity contribution is 0.386. The van der Waals surface area contributed by atoms with Gasteiger partial charge in [-0.25, -0.2) is 4.39 Å². The lowest BCUT2D eigenvalue weighted by Crippen LogP contribution is -2.31. The fourth-order valence-electron chi connectivity index (χ4n) is 1.50. The van der Waals surface area contributed by atoms with Gasteiger partial charge in [-0.15, -0.1) is 0 Å². The maximum Gasteiger partial charge on any atom is 0.127 e. The van der Waals surface area contributed by atoms with Crippen LogP contribution in [0.2, 0.25) is 0 Å². The van der Waals surface area contributed by atoms with Crippen molar-refractivity contribution in [2.75, 3.05) is 0 Å². The van der Waals surface area contributed by atoms with Crippen LogP contribution in [0.15, 0.2) is 22.7 Å². The minimum Gasteiger partial charge on any atom is -0.310 e. The van der Waals surface area contributed by atoms with E-state index in [-0.39, 0.29) is 5.82 Å². The van der Waals surface area contributed by atoms with Crippen molar-refractivity contribution in [3.05, 3.63) is 34.1 Å². The Balaban J connectivity index is 2.57. The number of halogens is 2. The summed E-state index contributed by atoms with van der Waals surface area (Å²) in [6, 6.07) is 5.45. The largest absolute Gasteiger partial charge is 0.310 e. The summed E-state index contributed by atoms with van der Waals surface area (Å²) in [4.78, 5) is 0. The van der Waals surface area contributed by atoms with E-state index in [4.69, 9.17) is 0 Å².